The molecule has 0 spiro atoms. The number of carboxylic acid groups (broad SMARTS) is 1. The molecule has 1 heterocycles. The Bertz CT molecular complexity index is 1370. The first-order valence-corrected chi connectivity index (χ1v) is 12.3. The van der Waals surface area contributed by atoms with E-state index in [4.69, 9.17) is 14.6 Å². The number of phenolic OH excluding ortho intramolecular Hbond substituents is 1. The maximum absolute atomic E-state index is 13.5. The van der Waals surface area contributed by atoms with Gasteiger partial charge in [-0.15, -0.1) is 0 Å². The number of aromatic hydroxyl groups is 1. The van der Waals surface area contributed by atoms with Crippen molar-refractivity contribution in [3.8, 4) is 17.2 Å². The van der Waals surface area contributed by atoms with Crippen LogP contribution in [0, 0.1) is 17.8 Å². The zero-order chi connectivity index (χ0) is 27.5. The normalized spacial score (nSPS) is 26.4. The Morgan fingerprint density at radius 2 is 1.71 bits per heavy atom. The van der Waals surface area contributed by atoms with Crippen LogP contribution in [-0.4, -0.2) is 65.2 Å². The van der Waals surface area contributed by atoms with Gasteiger partial charge in [-0.1, -0.05) is 11.6 Å². The predicted molar refractivity (Wildman–Crippen MR) is 132 cm³/mol. The minimum absolute atomic E-state index is 0.100. The van der Waals surface area contributed by atoms with E-state index in [-0.39, 0.29) is 71.3 Å². The first-order valence-electron chi connectivity index (χ1n) is 12.3. The third-order valence-corrected chi connectivity index (χ3v) is 8.02. The van der Waals surface area contributed by atoms with Gasteiger partial charge in [0.2, 0.25) is 11.8 Å². The number of hydrogen-bond donors (Lipinski definition) is 2. The summed E-state index contributed by atoms with van der Waals surface area (Å²) in [6.07, 6.45) is 3.12. The Hall–Kier alpha value is -4.21. The lowest BCUT2D eigenvalue weighted by molar-refractivity contribution is -0.142. The molecule has 0 radical (unpaired) electrons. The Morgan fingerprint density at radius 1 is 1.05 bits per heavy atom. The van der Waals surface area contributed by atoms with E-state index in [0.29, 0.717) is 11.1 Å². The Kier molecular flexibility index (Phi) is 6.21. The van der Waals surface area contributed by atoms with Crippen LogP contribution in [0.25, 0.3) is 0 Å². The summed E-state index contributed by atoms with van der Waals surface area (Å²) in [5.74, 6) is -5.14. The Balaban J connectivity index is 1.70. The van der Waals surface area contributed by atoms with Crippen LogP contribution in [0.5, 0.6) is 17.2 Å². The molecule has 1 aliphatic heterocycles. The highest BCUT2D eigenvalue weighted by atomic mass is 16.5. The molecule has 38 heavy (non-hydrogen) atoms. The third kappa shape index (κ3) is 3.74. The zero-order valence-electron chi connectivity index (χ0n) is 21.1. The minimum atomic E-state index is -1.12. The summed E-state index contributed by atoms with van der Waals surface area (Å²) in [6.45, 7) is 1.34. The number of carboxylic acids is 1. The molecule has 1 fully saturated rings. The van der Waals surface area contributed by atoms with Gasteiger partial charge in [0.05, 0.1) is 32.5 Å². The van der Waals surface area contributed by atoms with Crippen LogP contribution >= 0.6 is 0 Å². The molecule has 5 rings (SSSR count). The van der Waals surface area contributed by atoms with Crippen molar-refractivity contribution in [1.82, 2.24) is 4.90 Å². The summed E-state index contributed by atoms with van der Waals surface area (Å²) in [6, 6.07) is 2.78. The van der Waals surface area contributed by atoms with Crippen LogP contribution in [0.3, 0.4) is 0 Å². The molecule has 3 aliphatic carbocycles. The van der Waals surface area contributed by atoms with E-state index in [1.54, 1.807) is 6.92 Å². The number of likely N-dealkylation sites (tertiary alicyclic amines) is 1. The van der Waals surface area contributed by atoms with E-state index in [0.717, 1.165) is 4.90 Å². The molecular formula is C28H27NO9. The summed E-state index contributed by atoms with van der Waals surface area (Å²) in [7, 11) is 2.83. The maximum atomic E-state index is 13.5. The molecule has 1 saturated heterocycles. The minimum Gasteiger partial charge on any atom is -0.508 e. The van der Waals surface area contributed by atoms with E-state index < -0.39 is 41.5 Å². The van der Waals surface area contributed by atoms with Crippen molar-refractivity contribution >= 4 is 29.4 Å². The summed E-state index contributed by atoms with van der Waals surface area (Å²) < 4.78 is 11.1. The van der Waals surface area contributed by atoms with E-state index in [1.807, 2.05) is 6.08 Å². The molecular weight excluding hydrogens is 494 g/mol. The molecule has 198 valence electrons. The van der Waals surface area contributed by atoms with Gasteiger partial charge >= 0.3 is 5.97 Å². The number of carbonyl (C=O) groups is 5. The largest absolute Gasteiger partial charge is 0.508 e. The second kappa shape index (κ2) is 9.27. The van der Waals surface area contributed by atoms with Crippen molar-refractivity contribution in [1.29, 1.82) is 0 Å². The number of imide groups is 1. The second-order valence-corrected chi connectivity index (χ2v) is 9.96. The van der Waals surface area contributed by atoms with Crippen molar-refractivity contribution in [3.05, 3.63) is 52.1 Å². The van der Waals surface area contributed by atoms with Crippen molar-refractivity contribution in [2.75, 3.05) is 20.8 Å². The fourth-order valence-corrected chi connectivity index (χ4v) is 6.42. The molecule has 10 heteroatoms. The van der Waals surface area contributed by atoms with Gasteiger partial charge in [-0.2, -0.15) is 0 Å². The molecule has 1 aromatic carbocycles. The first-order chi connectivity index (χ1) is 18.1. The molecule has 0 bridgehead atoms. The quantitative estimate of drug-likeness (QED) is 0.327. The van der Waals surface area contributed by atoms with Crippen LogP contribution in [0.15, 0.2) is 46.6 Å². The van der Waals surface area contributed by atoms with E-state index in [1.165, 1.54) is 32.4 Å². The van der Waals surface area contributed by atoms with Gasteiger partial charge in [0, 0.05) is 46.9 Å². The number of carbonyl (C=O) groups excluding carboxylic acids is 4. The fraction of sp³-hybridized carbons (Fsp3) is 0.393. The summed E-state index contributed by atoms with van der Waals surface area (Å²) in [5, 5.41) is 19.3. The summed E-state index contributed by atoms with van der Waals surface area (Å²) >= 11 is 0. The van der Waals surface area contributed by atoms with Gasteiger partial charge in [-0.05, 0) is 31.8 Å². The number of phenols is 1. The van der Waals surface area contributed by atoms with Gasteiger partial charge in [0.15, 0.2) is 11.6 Å². The summed E-state index contributed by atoms with van der Waals surface area (Å²) in [4.78, 5) is 65.6. The smallest absolute Gasteiger partial charge is 0.305 e. The third-order valence-electron chi connectivity index (χ3n) is 8.02. The molecule has 4 unspecified atom stereocenters. The molecule has 4 atom stereocenters. The molecule has 2 N–H and O–H groups in total. The number of rotatable bonds is 6. The maximum Gasteiger partial charge on any atom is 0.305 e. The topological polar surface area (TPSA) is 148 Å². The molecule has 2 amide bonds. The highest BCUT2D eigenvalue weighted by molar-refractivity contribution is 6.24. The number of nitrogens with zero attached hydrogens (tertiary/aromatic N) is 1. The number of aliphatic carboxylic acids is 1. The number of methoxy groups -OCH3 is 2. The van der Waals surface area contributed by atoms with Crippen LogP contribution in [0.1, 0.15) is 37.7 Å². The van der Waals surface area contributed by atoms with Gasteiger partial charge < -0.3 is 19.7 Å². The second-order valence-electron chi connectivity index (χ2n) is 9.96. The van der Waals surface area contributed by atoms with E-state index in [9.17, 15) is 29.1 Å². The predicted octanol–water partition coefficient (Wildman–Crippen LogP) is 2.31. The van der Waals surface area contributed by atoms with E-state index >= 15 is 0 Å². The van der Waals surface area contributed by atoms with Crippen molar-refractivity contribution in [3.63, 3.8) is 0 Å². The SMILES string of the molecule is COc1cc(O)cc(OC)c1C1C2=CCC3C(=O)N(CCC(=O)O)C(=O)C3C2CC2=C1C(=O)C=C(C)C2=O. The summed E-state index contributed by atoms with van der Waals surface area (Å²) in [5.41, 5.74) is 1.97. The fourth-order valence-electron chi connectivity index (χ4n) is 6.42. The standard InChI is InChI=1S/C28H27NO9/c1-12-8-18(31)23-17(26(12)34)11-16-14(24(23)25-19(37-2)9-13(30)10-20(25)38-3)4-5-15-22(16)28(36)29(27(15)35)7-6-21(32)33/h4,8-10,15-16,22,24,30H,5-7,11H2,1-3H3,(H,32,33). The number of Topliss-reactive ketones (excluding diaryl/α,β-unsaturated/α-hetero) is 1. The van der Waals surface area contributed by atoms with Gasteiger partial charge in [0.1, 0.15) is 17.2 Å². The van der Waals surface area contributed by atoms with Gasteiger partial charge in [0.25, 0.3) is 0 Å². The van der Waals surface area contributed by atoms with Crippen LogP contribution in [-0.2, 0) is 24.0 Å². The number of amides is 2. The molecule has 10 nitrogen and oxygen atoms in total. The Morgan fingerprint density at radius 3 is 2.32 bits per heavy atom. The number of ketones is 2. The van der Waals surface area contributed by atoms with Crippen LogP contribution in [0.2, 0.25) is 0 Å². The molecule has 4 aliphatic rings. The lowest BCUT2D eigenvalue weighted by Gasteiger charge is -2.42. The van der Waals surface area contributed by atoms with Gasteiger partial charge in [-0.3, -0.25) is 28.9 Å². The molecule has 0 saturated carbocycles. The van der Waals surface area contributed by atoms with Crippen LogP contribution in [0.4, 0.5) is 0 Å². The van der Waals surface area contributed by atoms with E-state index in [2.05, 4.69) is 0 Å². The number of hydrogen-bond acceptors (Lipinski definition) is 8. The molecule has 0 aromatic heterocycles. The number of fused-ring (bicyclic) bond motifs is 3. The average Bonchev–Trinajstić information content (AvgIpc) is 3.13. The number of allylic oxidation sites excluding steroid dienone is 6. The van der Waals surface area contributed by atoms with Crippen molar-refractivity contribution in [2.24, 2.45) is 17.8 Å². The molecule has 1 aromatic rings. The Labute approximate surface area is 218 Å². The first kappa shape index (κ1) is 25.4. The van der Waals surface area contributed by atoms with Crippen molar-refractivity contribution < 1.29 is 43.7 Å². The average molecular weight is 522 g/mol. The monoisotopic (exact) mass is 521 g/mol. The van der Waals surface area contributed by atoms with Crippen molar-refractivity contribution in [2.45, 2.75) is 32.1 Å². The lowest BCUT2D eigenvalue weighted by atomic mass is 9.59. The highest BCUT2D eigenvalue weighted by Gasteiger charge is 2.56. The highest BCUT2D eigenvalue weighted by Crippen LogP contribution is 2.57. The van der Waals surface area contributed by atoms with Crippen LogP contribution < -0.4 is 9.47 Å². The lowest BCUT2D eigenvalue weighted by Crippen LogP contribution is -2.40. The van der Waals surface area contributed by atoms with Gasteiger partial charge in [-0.25, -0.2) is 0 Å². The number of benzene rings is 1. The zero-order valence-corrected chi connectivity index (χ0v) is 21.1. The number of ether oxygens (including phenoxy) is 2.